The van der Waals surface area contributed by atoms with E-state index < -0.39 is 5.41 Å². The van der Waals surface area contributed by atoms with Gasteiger partial charge in [-0.05, 0) is 32.6 Å². The number of carbonyl (C=O) groups is 2. The van der Waals surface area contributed by atoms with Gasteiger partial charge in [-0.15, -0.1) is 0 Å². The quantitative estimate of drug-likeness (QED) is 0.721. The van der Waals surface area contributed by atoms with E-state index >= 15 is 0 Å². The van der Waals surface area contributed by atoms with Crippen molar-refractivity contribution in [3.63, 3.8) is 0 Å². The Bertz CT molecular complexity index is 325. The predicted octanol–water partition coefficient (Wildman–Crippen LogP) is 2.61. The molecule has 4 heteroatoms. The summed E-state index contributed by atoms with van der Waals surface area (Å²) >= 11 is 0. The molecule has 0 aliphatic carbocycles. The fraction of sp³-hybridized carbons (Fsp3) is 0.867. The Morgan fingerprint density at radius 1 is 1.42 bits per heavy atom. The second kappa shape index (κ2) is 6.92. The number of ether oxygens (including phenoxy) is 1. The molecule has 1 aliphatic heterocycles. The molecule has 1 amide bonds. The number of esters is 1. The van der Waals surface area contributed by atoms with Crippen molar-refractivity contribution in [2.75, 3.05) is 20.2 Å². The zero-order valence-corrected chi connectivity index (χ0v) is 12.7. The highest BCUT2D eigenvalue weighted by molar-refractivity contribution is 5.79. The summed E-state index contributed by atoms with van der Waals surface area (Å²) < 4.78 is 4.81. The van der Waals surface area contributed by atoms with Gasteiger partial charge >= 0.3 is 5.97 Å². The zero-order valence-electron chi connectivity index (χ0n) is 12.7. The smallest absolute Gasteiger partial charge is 0.313 e. The molecule has 0 aromatic rings. The van der Waals surface area contributed by atoms with Crippen molar-refractivity contribution < 1.29 is 14.3 Å². The minimum absolute atomic E-state index is 0.176. The summed E-state index contributed by atoms with van der Waals surface area (Å²) in [5.74, 6) is 0.574. The maximum atomic E-state index is 12.1. The molecule has 0 spiro atoms. The number of methoxy groups -OCH3 is 1. The molecule has 1 heterocycles. The highest BCUT2D eigenvalue weighted by Crippen LogP contribution is 2.26. The number of carbonyl (C=O) groups excluding carboxylic acids is 2. The molecule has 19 heavy (non-hydrogen) atoms. The van der Waals surface area contributed by atoms with E-state index in [9.17, 15) is 9.59 Å². The molecule has 4 nitrogen and oxygen atoms in total. The second-order valence-electron chi connectivity index (χ2n) is 6.17. The number of hydrogen-bond donors (Lipinski definition) is 0. The Morgan fingerprint density at radius 3 is 2.68 bits per heavy atom. The lowest BCUT2D eigenvalue weighted by atomic mass is 9.92. The van der Waals surface area contributed by atoms with Gasteiger partial charge in [-0.25, -0.2) is 0 Å². The van der Waals surface area contributed by atoms with Crippen molar-refractivity contribution in [1.29, 1.82) is 0 Å². The van der Waals surface area contributed by atoms with E-state index in [2.05, 4.69) is 6.92 Å². The fourth-order valence-corrected chi connectivity index (χ4v) is 2.78. The molecule has 0 saturated carbocycles. The van der Waals surface area contributed by atoms with E-state index in [0.29, 0.717) is 18.9 Å². The Morgan fingerprint density at radius 2 is 2.11 bits per heavy atom. The van der Waals surface area contributed by atoms with Crippen molar-refractivity contribution >= 4 is 11.9 Å². The monoisotopic (exact) mass is 269 g/mol. The normalized spacial score (nSPS) is 21.2. The van der Waals surface area contributed by atoms with Gasteiger partial charge in [0.25, 0.3) is 0 Å². The third-order valence-electron chi connectivity index (χ3n) is 3.95. The molecule has 1 saturated heterocycles. The fourth-order valence-electron chi connectivity index (χ4n) is 2.78. The van der Waals surface area contributed by atoms with E-state index in [-0.39, 0.29) is 11.9 Å². The van der Waals surface area contributed by atoms with Crippen LogP contribution in [0.2, 0.25) is 0 Å². The van der Waals surface area contributed by atoms with Crippen LogP contribution in [0.25, 0.3) is 0 Å². The van der Waals surface area contributed by atoms with Crippen LogP contribution in [-0.4, -0.2) is 37.0 Å². The maximum Gasteiger partial charge on any atom is 0.313 e. The van der Waals surface area contributed by atoms with Gasteiger partial charge in [-0.2, -0.15) is 0 Å². The summed E-state index contributed by atoms with van der Waals surface area (Å²) in [4.78, 5) is 25.7. The van der Waals surface area contributed by atoms with Crippen molar-refractivity contribution in [2.45, 2.75) is 52.9 Å². The molecular formula is C15H27NO3. The molecule has 0 aromatic heterocycles. The van der Waals surface area contributed by atoms with Gasteiger partial charge in [-0.3, -0.25) is 9.59 Å². The first-order valence-corrected chi connectivity index (χ1v) is 7.27. The molecule has 1 fully saturated rings. The number of hydrogen-bond acceptors (Lipinski definition) is 3. The maximum absolute atomic E-state index is 12.1. The number of nitrogens with zero attached hydrogens (tertiary/aromatic N) is 1. The average Bonchev–Trinajstić information content (AvgIpc) is 2.53. The molecule has 0 N–H and O–H groups in total. The van der Waals surface area contributed by atoms with Crippen LogP contribution in [0, 0.1) is 11.3 Å². The van der Waals surface area contributed by atoms with Crippen LogP contribution in [0.5, 0.6) is 0 Å². The second-order valence-corrected chi connectivity index (χ2v) is 6.17. The first-order chi connectivity index (χ1) is 8.90. The molecule has 1 atom stereocenters. The SMILES string of the molecule is CCCC1CCC(=O)N(CC(C)(C)C(=O)OC)CC1. The summed E-state index contributed by atoms with van der Waals surface area (Å²) in [6.07, 6.45) is 5.02. The Hall–Kier alpha value is -1.06. The third kappa shape index (κ3) is 4.51. The van der Waals surface area contributed by atoms with Gasteiger partial charge in [0, 0.05) is 19.5 Å². The topological polar surface area (TPSA) is 46.6 Å². The summed E-state index contributed by atoms with van der Waals surface area (Å²) in [5.41, 5.74) is -0.630. The largest absolute Gasteiger partial charge is 0.469 e. The minimum Gasteiger partial charge on any atom is -0.469 e. The predicted molar refractivity (Wildman–Crippen MR) is 74.6 cm³/mol. The highest BCUT2D eigenvalue weighted by atomic mass is 16.5. The first kappa shape index (κ1) is 16.0. The lowest BCUT2D eigenvalue weighted by Crippen LogP contribution is -2.42. The lowest BCUT2D eigenvalue weighted by molar-refractivity contribution is -0.153. The van der Waals surface area contributed by atoms with Crippen molar-refractivity contribution in [3.8, 4) is 0 Å². The Kier molecular flexibility index (Phi) is 5.83. The average molecular weight is 269 g/mol. The summed E-state index contributed by atoms with van der Waals surface area (Å²) in [7, 11) is 1.39. The van der Waals surface area contributed by atoms with Crippen LogP contribution >= 0.6 is 0 Å². The number of rotatable bonds is 5. The van der Waals surface area contributed by atoms with Gasteiger partial charge in [-0.1, -0.05) is 19.8 Å². The molecule has 1 rings (SSSR count). The van der Waals surface area contributed by atoms with E-state index in [1.165, 1.54) is 20.0 Å². The van der Waals surface area contributed by atoms with Crippen LogP contribution in [0.4, 0.5) is 0 Å². The molecule has 110 valence electrons. The first-order valence-electron chi connectivity index (χ1n) is 7.27. The summed E-state index contributed by atoms with van der Waals surface area (Å²) in [6.45, 7) is 7.08. The van der Waals surface area contributed by atoms with E-state index in [1.54, 1.807) is 0 Å². The van der Waals surface area contributed by atoms with Gasteiger partial charge in [0.05, 0.1) is 12.5 Å². The van der Waals surface area contributed by atoms with Gasteiger partial charge in [0.15, 0.2) is 0 Å². The van der Waals surface area contributed by atoms with Crippen molar-refractivity contribution in [1.82, 2.24) is 4.90 Å². The molecule has 0 bridgehead atoms. The summed E-state index contributed by atoms with van der Waals surface area (Å²) in [5, 5.41) is 0. The van der Waals surface area contributed by atoms with Crippen LogP contribution in [-0.2, 0) is 14.3 Å². The highest BCUT2D eigenvalue weighted by Gasteiger charge is 2.34. The molecular weight excluding hydrogens is 242 g/mol. The number of amides is 1. The van der Waals surface area contributed by atoms with Gasteiger partial charge in [0.1, 0.15) is 0 Å². The van der Waals surface area contributed by atoms with Crippen LogP contribution < -0.4 is 0 Å². The van der Waals surface area contributed by atoms with Gasteiger partial charge in [0.2, 0.25) is 5.91 Å². The lowest BCUT2D eigenvalue weighted by Gasteiger charge is -2.30. The summed E-state index contributed by atoms with van der Waals surface area (Å²) in [6, 6.07) is 0. The standard InChI is InChI=1S/C15H27NO3/c1-5-6-12-7-8-13(17)16(10-9-12)11-15(2,3)14(18)19-4/h12H,5-11H2,1-4H3. The van der Waals surface area contributed by atoms with Crippen LogP contribution in [0.3, 0.4) is 0 Å². The van der Waals surface area contributed by atoms with Crippen LogP contribution in [0.15, 0.2) is 0 Å². The van der Waals surface area contributed by atoms with E-state index in [4.69, 9.17) is 4.74 Å². The van der Waals surface area contributed by atoms with Crippen molar-refractivity contribution in [2.24, 2.45) is 11.3 Å². The number of likely N-dealkylation sites (tertiary alicyclic amines) is 1. The minimum atomic E-state index is -0.630. The van der Waals surface area contributed by atoms with Crippen molar-refractivity contribution in [3.05, 3.63) is 0 Å². The van der Waals surface area contributed by atoms with E-state index in [1.807, 2.05) is 18.7 Å². The molecule has 0 aromatic carbocycles. The van der Waals surface area contributed by atoms with E-state index in [0.717, 1.165) is 19.4 Å². The molecule has 1 aliphatic rings. The molecule has 0 radical (unpaired) electrons. The third-order valence-corrected chi connectivity index (χ3v) is 3.95. The zero-order chi connectivity index (χ0) is 14.5. The molecule has 1 unspecified atom stereocenters. The van der Waals surface area contributed by atoms with Gasteiger partial charge < -0.3 is 9.64 Å². The van der Waals surface area contributed by atoms with Crippen LogP contribution in [0.1, 0.15) is 52.9 Å². The Balaban J connectivity index is 2.62. The Labute approximate surface area is 116 Å².